The fraction of sp³-hybridized carbons (Fsp3) is 1.00. The maximum Gasteiger partial charge on any atom is 0.154 e. The number of nitrogens with two attached hydrogens (primary N) is 1. The predicted octanol–water partition coefficient (Wildman–Crippen LogP) is 1.57. The molecule has 0 aliphatic heterocycles. The van der Waals surface area contributed by atoms with E-state index in [1.54, 1.807) is 6.92 Å². The van der Waals surface area contributed by atoms with Crippen molar-refractivity contribution in [1.29, 1.82) is 0 Å². The Morgan fingerprint density at radius 1 is 1.29 bits per heavy atom. The van der Waals surface area contributed by atoms with Gasteiger partial charge in [-0.15, -0.1) is 0 Å². The Labute approximate surface area is 88.0 Å². The average Bonchev–Trinajstić information content (AvgIpc) is 2.00. The third-order valence-corrected chi connectivity index (χ3v) is 5.10. The van der Waals surface area contributed by atoms with Crippen molar-refractivity contribution in [2.24, 2.45) is 11.1 Å². The second-order valence-electron chi connectivity index (χ2n) is 5.02. The molecule has 0 heterocycles. The molecule has 4 heteroatoms. The minimum Gasteiger partial charge on any atom is -0.326 e. The summed E-state index contributed by atoms with van der Waals surface area (Å²) in [5.74, 6) is 0.0888. The molecule has 0 radical (unpaired) electrons. The number of hydrogen-bond donors (Lipinski definition) is 1. The summed E-state index contributed by atoms with van der Waals surface area (Å²) >= 11 is 0. The zero-order valence-corrected chi connectivity index (χ0v) is 10.7. The Morgan fingerprint density at radius 2 is 1.71 bits per heavy atom. The molecule has 0 aliphatic rings. The minimum absolute atomic E-state index is 0.0888. The molecule has 0 fully saturated rings. The smallest absolute Gasteiger partial charge is 0.154 e. The van der Waals surface area contributed by atoms with Gasteiger partial charge in [-0.3, -0.25) is 0 Å². The van der Waals surface area contributed by atoms with Crippen LogP contribution in [0.2, 0.25) is 0 Å². The van der Waals surface area contributed by atoms with Gasteiger partial charge in [0.15, 0.2) is 9.84 Å². The molecule has 0 saturated heterocycles. The molecule has 0 saturated carbocycles. The lowest BCUT2D eigenvalue weighted by molar-refractivity contribution is 0.340. The molecular weight excluding hydrogens is 198 g/mol. The van der Waals surface area contributed by atoms with Crippen molar-refractivity contribution < 1.29 is 8.42 Å². The maximum absolute atomic E-state index is 11.7. The zero-order valence-electron chi connectivity index (χ0n) is 9.87. The highest BCUT2D eigenvalue weighted by atomic mass is 32.2. The van der Waals surface area contributed by atoms with E-state index < -0.39 is 9.84 Å². The first-order valence-corrected chi connectivity index (χ1v) is 6.80. The van der Waals surface area contributed by atoms with Crippen LogP contribution in [-0.4, -0.2) is 25.5 Å². The monoisotopic (exact) mass is 221 g/mol. The molecule has 0 aromatic carbocycles. The fourth-order valence-corrected chi connectivity index (χ4v) is 2.76. The highest BCUT2D eigenvalue weighted by Gasteiger charge is 2.28. The molecule has 0 amide bonds. The number of sulfone groups is 1. The SMILES string of the molecule is CCC(C)S(=O)(=O)CC(N)C(C)(C)C. The van der Waals surface area contributed by atoms with Crippen molar-refractivity contribution in [3.63, 3.8) is 0 Å². The third-order valence-electron chi connectivity index (χ3n) is 2.71. The van der Waals surface area contributed by atoms with Crippen LogP contribution in [0, 0.1) is 5.41 Å². The van der Waals surface area contributed by atoms with Gasteiger partial charge in [-0.25, -0.2) is 8.42 Å². The molecule has 2 atom stereocenters. The fourth-order valence-electron chi connectivity index (χ4n) is 0.918. The Bertz CT molecular complexity index is 264. The van der Waals surface area contributed by atoms with Gasteiger partial charge in [0.05, 0.1) is 11.0 Å². The van der Waals surface area contributed by atoms with E-state index in [4.69, 9.17) is 5.73 Å². The average molecular weight is 221 g/mol. The lowest BCUT2D eigenvalue weighted by Gasteiger charge is -2.27. The summed E-state index contributed by atoms with van der Waals surface area (Å²) in [6, 6.07) is -0.290. The first-order valence-electron chi connectivity index (χ1n) is 5.08. The van der Waals surface area contributed by atoms with Crippen molar-refractivity contribution in [1.82, 2.24) is 0 Å². The second kappa shape index (κ2) is 4.62. The summed E-state index contributed by atoms with van der Waals surface area (Å²) in [7, 11) is -3.02. The summed E-state index contributed by atoms with van der Waals surface area (Å²) in [5, 5.41) is -0.282. The summed E-state index contributed by atoms with van der Waals surface area (Å²) in [6.07, 6.45) is 0.652. The van der Waals surface area contributed by atoms with Gasteiger partial charge in [-0.2, -0.15) is 0 Å². The van der Waals surface area contributed by atoms with E-state index in [1.807, 2.05) is 27.7 Å². The number of hydrogen-bond acceptors (Lipinski definition) is 3. The first kappa shape index (κ1) is 13.9. The van der Waals surface area contributed by atoms with E-state index in [9.17, 15) is 8.42 Å². The van der Waals surface area contributed by atoms with Crippen molar-refractivity contribution in [2.75, 3.05) is 5.75 Å². The quantitative estimate of drug-likeness (QED) is 0.784. The van der Waals surface area contributed by atoms with Gasteiger partial charge in [-0.05, 0) is 18.8 Å². The molecule has 0 spiro atoms. The van der Waals surface area contributed by atoms with E-state index >= 15 is 0 Å². The molecule has 2 N–H and O–H groups in total. The lowest BCUT2D eigenvalue weighted by atomic mass is 9.89. The highest BCUT2D eigenvalue weighted by Crippen LogP contribution is 2.20. The molecule has 0 aliphatic carbocycles. The molecule has 14 heavy (non-hydrogen) atoms. The van der Waals surface area contributed by atoms with Crippen LogP contribution in [-0.2, 0) is 9.84 Å². The molecule has 3 nitrogen and oxygen atoms in total. The van der Waals surface area contributed by atoms with Gasteiger partial charge in [0.2, 0.25) is 0 Å². The van der Waals surface area contributed by atoms with E-state index in [2.05, 4.69) is 0 Å². The Hall–Kier alpha value is -0.0900. The predicted molar refractivity (Wildman–Crippen MR) is 61.0 cm³/mol. The summed E-state index contributed by atoms with van der Waals surface area (Å²) in [4.78, 5) is 0. The van der Waals surface area contributed by atoms with Gasteiger partial charge >= 0.3 is 0 Å². The van der Waals surface area contributed by atoms with Crippen LogP contribution < -0.4 is 5.73 Å². The molecule has 0 rings (SSSR count). The Morgan fingerprint density at radius 3 is 2.00 bits per heavy atom. The van der Waals surface area contributed by atoms with Crippen LogP contribution in [0.15, 0.2) is 0 Å². The van der Waals surface area contributed by atoms with Crippen LogP contribution >= 0.6 is 0 Å². The van der Waals surface area contributed by atoms with Crippen molar-refractivity contribution in [2.45, 2.75) is 52.3 Å². The Balaban J connectivity index is 4.54. The molecule has 2 unspecified atom stereocenters. The molecule has 0 aromatic rings. The van der Waals surface area contributed by atoms with E-state index in [1.165, 1.54) is 0 Å². The van der Waals surface area contributed by atoms with E-state index in [0.717, 1.165) is 0 Å². The van der Waals surface area contributed by atoms with Gasteiger partial charge in [0.1, 0.15) is 0 Å². The third kappa shape index (κ3) is 3.96. The van der Waals surface area contributed by atoms with Crippen molar-refractivity contribution in [3.05, 3.63) is 0 Å². The number of rotatable bonds is 4. The zero-order chi connectivity index (χ0) is 11.6. The van der Waals surface area contributed by atoms with Crippen LogP contribution in [0.4, 0.5) is 0 Å². The largest absolute Gasteiger partial charge is 0.326 e. The minimum atomic E-state index is -3.02. The van der Waals surface area contributed by atoms with Crippen LogP contribution in [0.5, 0.6) is 0 Å². The molecule has 86 valence electrons. The van der Waals surface area contributed by atoms with Crippen molar-refractivity contribution in [3.8, 4) is 0 Å². The summed E-state index contributed by atoms with van der Waals surface area (Å²) < 4.78 is 23.5. The summed E-state index contributed by atoms with van der Waals surface area (Å²) in [5.41, 5.74) is 5.70. The van der Waals surface area contributed by atoms with Crippen LogP contribution in [0.3, 0.4) is 0 Å². The van der Waals surface area contributed by atoms with E-state index in [0.29, 0.717) is 6.42 Å². The maximum atomic E-state index is 11.7. The van der Waals surface area contributed by atoms with Gasteiger partial charge in [0.25, 0.3) is 0 Å². The second-order valence-corrected chi connectivity index (χ2v) is 7.48. The topological polar surface area (TPSA) is 60.2 Å². The summed E-state index contributed by atoms with van der Waals surface area (Å²) in [6.45, 7) is 9.51. The Kier molecular flexibility index (Phi) is 4.59. The van der Waals surface area contributed by atoms with Crippen LogP contribution in [0.1, 0.15) is 41.0 Å². The highest BCUT2D eigenvalue weighted by molar-refractivity contribution is 7.92. The molecule has 0 bridgehead atoms. The first-order chi connectivity index (χ1) is 6.11. The lowest BCUT2D eigenvalue weighted by Crippen LogP contribution is -2.42. The van der Waals surface area contributed by atoms with Gasteiger partial charge in [-0.1, -0.05) is 27.7 Å². The standard InChI is InChI=1S/C10H23NO2S/c1-6-8(2)14(12,13)7-9(11)10(3,4)5/h8-9H,6-7,11H2,1-5H3. The van der Waals surface area contributed by atoms with E-state index in [-0.39, 0.29) is 22.5 Å². The van der Waals surface area contributed by atoms with Crippen LogP contribution in [0.25, 0.3) is 0 Å². The van der Waals surface area contributed by atoms with Gasteiger partial charge < -0.3 is 5.73 Å². The molecule has 0 aromatic heterocycles. The van der Waals surface area contributed by atoms with Gasteiger partial charge in [0, 0.05) is 6.04 Å². The normalized spacial score (nSPS) is 17.9. The molecular formula is C10H23NO2S. The van der Waals surface area contributed by atoms with Crippen molar-refractivity contribution >= 4 is 9.84 Å².